The highest BCUT2D eigenvalue weighted by molar-refractivity contribution is 8.93. The van der Waals surface area contributed by atoms with E-state index in [-0.39, 0.29) is 34.0 Å². The highest BCUT2D eigenvalue weighted by atomic mass is 79.9. The molecule has 0 saturated carbocycles. The minimum absolute atomic E-state index is 0. The van der Waals surface area contributed by atoms with E-state index in [0.29, 0.717) is 0 Å². The fourth-order valence-corrected chi connectivity index (χ4v) is 0. The molecule has 0 aliphatic carbocycles. The monoisotopic (exact) mass is 276 g/mol. The molecule has 0 aromatic heterocycles. The zero-order chi connectivity index (χ0) is 5.21. The lowest BCUT2D eigenvalue weighted by molar-refractivity contribution is 1.65. The van der Waals surface area contributed by atoms with Gasteiger partial charge in [0.25, 0.3) is 0 Å². The number of hydrogen-bond donors (Lipinski definition) is 0. The Balaban J connectivity index is -0.000000125. The molecule has 0 atom stereocenters. The first-order chi connectivity index (χ1) is 2.56. The molecule has 0 nitrogen and oxygen atoms in total. The van der Waals surface area contributed by atoms with Crippen molar-refractivity contribution in [2.75, 3.05) is 0 Å². The van der Waals surface area contributed by atoms with Crippen molar-refractivity contribution in [1.29, 1.82) is 0 Å². The molecule has 0 bridgehead atoms. The van der Waals surface area contributed by atoms with Gasteiger partial charge in [-0.25, -0.2) is 0 Å². The van der Waals surface area contributed by atoms with Crippen LogP contribution in [0.1, 0.15) is 0 Å². The highest BCUT2D eigenvalue weighted by Gasteiger charge is 2.06. The number of halogens is 2. The normalized spacial score (nSPS) is 8.88. The van der Waals surface area contributed by atoms with Crippen LogP contribution in [0.4, 0.5) is 0 Å². The number of rotatable bonds is 1. The van der Waals surface area contributed by atoms with Gasteiger partial charge in [0.15, 0.2) is 0 Å². The zero-order valence-electron chi connectivity index (χ0n) is 6.02. The predicted octanol–water partition coefficient (Wildman–Crippen LogP) is 2.07. The lowest BCUT2D eigenvalue weighted by Crippen LogP contribution is -2.18. The molecule has 0 saturated heterocycles. The van der Waals surface area contributed by atoms with Gasteiger partial charge in [-0.15, -0.1) is 38.9 Å². The molecule has 0 aromatic rings. The fourth-order valence-electron chi connectivity index (χ4n) is 0. The van der Waals surface area contributed by atoms with Crippen LogP contribution in [0.2, 0.25) is 24.5 Å². The van der Waals surface area contributed by atoms with Crippen molar-refractivity contribution in [1.82, 2.24) is 0 Å². The van der Waals surface area contributed by atoms with Crippen molar-refractivity contribution in [2.45, 2.75) is 24.5 Å². The van der Waals surface area contributed by atoms with Crippen molar-refractivity contribution in [3.05, 3.63) is 0 Å². The van der Waals surface area contributed by atoms with Crippen LogP contribution in [-0.4, -0.2) is 24.4 Å². The predicted molar refractivity (Wildman–Crippen MR) is 57.3 cm³/mol. The van der Waals surface area contributed by atoms with Gasteiger partial charge >= 0.3 is 0 Å². The molecular formula is C4H15AlBr2Si. The highest BCUT2D eigenvalue weighted by Crippen LogP contribution is 2.01. The summed E-state index contributed by atoms with van der Waals surface area (Å²) in [4.78, 5) is 1.55. The molecule has 8 heavy (non-hydrogen) atoms. The van der Waals surface area contributed by atoms with E-state index in [1.807, 2.05) is 0 Å². The maximum absolute atomic E-state index is 2.42. The summed E-state index contributed by atoms with van der Waals surface area (Å²) in [5.41, 5.74) is 0. The fraction of sp³-hybridized carbons (Fsp3) is 1.00. The van der Waals surface area contributed by atoms with Gasteiger partial charge in [0.2, 0.25) is 16.3 Å². The van der Waals surface area contributed by atoms with Crippen molar-refractivity contribution in [2.24, 2.45) is 0 Å². The second-order valence-corrected chi connectivity index (χ2v) is 10.9. The third kappa shape index (κ3) is 15.6. The molecule has 0 amide bonds. The number of hydrogen-bond acceptors (Lipinski definition) is 0. The summed E-state index contributed by atoms with van der Waals surface area (Å²) in [5, 5.41) is 0. The minimum Gasteiger partial charge on any atom is -0.114 e. The van der Waals surface area contributed by atoms with Gasteiger partial charge in [-0.3, -0.25) is 0 Å². The Labute approximate surface area is 82.4 Å². The van der Waals surface area contributed by atoms with Crippen molar-refractivity contribution >= 4 is 58.3 Å². The van der Waals surface area contributed by atoms with E-state index in [0.717, 1.165) is 0 Å². The third-order valence-corrected chi connectivity index (χ3v) is 9.55. The van der Waals surface area contributed by atoms with Crippen LogP contribution in [-0.2, 0) is 0 Å². The van der Waals surface area contributed by atoms with E-state index in [2.05, 4.69) is 19.6 Å². The lowest BCUT2D eigenvalue weighted by Gasteiger charge is -2.09. The average molecular weight is 278 g/mol. The van der Waals surface area contributed by atoms with Gasteiger partial charge in [-0.2, -0.15) is 0 Å². The maximum Gasteiger partial charge on any atom is 0.208 e. The Morgan fingerprint density at radius 1 is 1.12 bits per heavy atom. The van der Waals surface area contributed by atoms with Crippen LogP contribution in [0.25, 0.3) is 0 Å². The third-order valence-electron chi connectivity index (χ3n) is 1.06. The van der Waals surface area contributed by atoms with E-state index in [9.17, 15) is 0 Å². The molecule has 0 aliphatic heterocycles. The second kappa shape index (κ2) is 6.82. The van der Waals surface area contributed by atoms with Crippen molar-refractivity contribution in [3.63, 3.8) is 0 Å². The van der Waals surface area contributed by atoms with Crippen LogP contribution in [0.5, 0.6) is 0 Å². The van der Waals surface area contributed by atoms with Crippen LogP contribution >= 0.6 is 34.0 Å². The Kier molecular flexibility index (Phi) is 14.0. The molecule has 0 heterocycles. The van der Waals surface area contributed by atoms with Gasteiger partial charge in [-0.05, 0) is 0 Å². The van der Waals surface area contributed by atoms with E-state index in [1.54, 1.807) is 4.91 Å². The summed E-state index contributed by atoms with van der Waals surface area (Å²) in [6.45, 7) is 7.25. The molecule has 52 valence electrons. The molecule has 0 aliphatic rings. The first kappa shape index (κ1) is 16.4. The smallest absolute Gasteiger partial charge is 0.114 e. The molecule has 0 radical (unpaired) electrons. The Hall–Kier alpha value is 1.71. The molecule has 0 spiro atoms. The summed E-state index contributed by atoms with van der Waals surface area (Å²) >= 11 is 1.41. The lowest BCUT2D eigenvalue weighted by atomic mass is 11.7. The van der Waals surface area contributed by atoms with Crippen LogP contribution in [0.3, 0.4) is 0 Å². The SMILES string of the molecule is Br.Br.C[Si](C)(C)[CH2][AlH2]. The first-order valence-electron chi connectivity index (χ1n) is 2.56. The van der Waals surface area contributed by atoms with Crippen molar-refractivity contribution < 1.29 is 0 Å². The average Bonchev–Trinajstić information content (AvgIpc) is 1.35. The molecule has 0 fully saturated rings. The van der Waals surface area contributed by atoms with E-state index in [1.165, 1.54) is 16.3 Å². The quantitative estimate of drug-likeness (QED) is 0.644. The van der Waals surface area contributed by atoms with Crippen LogP contribution in [0.15, 0.2) is 0 Å². The molecule has 0 aromatic carbocycles. The summed E-state index contributed by atoms with van der Waals surface area (Å²) in [6, 6.07) is 0. The van der Waals surface area contributed by atoms with Gasteiger partial charge in [0.05, 0.1) is 0 Å². The minimum atomic E-state index is -0.569. The molecular weight excluding hydrogens is 263 g/mol. The first-order valence-corrected chi connectivity index (χ1v) is 7.68. The second-order valence-electron chi connectivity index (χ2n) is 2.91. The summed E-state index contributed by atoms with van der Waals surface area (Å²) in [7, 11) is -0.569. The Morgan fingerprint density at radius 3 is 1.25 bits per heavy atom. The maximum atomic E-state index is 2.42. The summed E-state index contributed by atoms with van der Waals surface area (Å²) in [5.74, 6) is 0. The summed E-state index contributed by atoms with van der Waals surface area (Å²) in [6.07, 6.45) is 0. The molecule has 4 heteroatoms. The largest absolute Gasteiger partial charge is 0.208 e. The summed E-state index contributed by atoms with van der Waals surface area (Å²) < 4.78 is 0. The van der Waals surface area contributed by atoms with E-state index >= 15 is 0 Å². The van der Waals surface area contributed by atoms with Gasteiger partial charge in [-0.1, -0.05) is 19.6 Å². The van der Waals surface area contributed by atoms with Gasteiger partial charge < -0.3 is 0 Å². The van der Waals surface area contributed by atoms with Crippen molar-refractivity contribution in [3.8, 4) is 0 Å². The topological polar surface area (TPSA) is 0 Å². The van der Waals surface area contributed by atoms with Gasteiger partial charge in [0.1, 0.15) is 0 Å². The standard InChI is InChI=1S/C4H11Si.Al.2BrH.2H/c1-5(2,3)4;;;;;/h1H2,2-4H3;;2*1H;;. The molecule has 0 rings (SSSR count). The van der Waals surface area contributed by atoms with Crippen LogP contribution < -0.4 is 0 Å². The van der Waals surface area contributed by atoms with Gasteiger partial charge in [0, 0.05) is 8.07 Å². The zero-order valence-corrected chi connectivity index (χ0v) is 12.4. The van der Waals surface area contributed by atoms with Crippen LogP contribution in [0, 0.1) is 0 Å². The Morgan fingerprint density at radius 2 is 1.25 bits per heavy atom. The van der Waals surface area contributed by atoms with E-state index < -0.39 is 8.07 Å². The Bertz CT molecular complexity index is 43.8. The van der Waals surface area contributed by atoms with E-state index in [4.69, 9.17) is 0 Å². The molecule has 0 unspecified atom stereocenters. The molecule has 0 N–H and O–H groups in total.